The number of rotatable bonds is 6. The first-order valence-electron chi connectivity index (χ1n) is 5.64. The van der Waals surface area contributed by atoms with Crippen LogP contribution in [-0.2, 0) is 11.2 Å². The third-order valence-electron chi connectivity index (χ3n) is 2.13. The van der Waals surface area contributed by atoms with Crippen LogP contribution in [0.5, 0.6) is 5.75 Å². The SMILES string of the molecule is O=C(COc1ccccc1)Nc1nnc(CCBr)s1. The van der Waals surface area contributed by atoms with Crippen LogP contribution >= 0.6 is 27.3 Å². The van der Waals surface area contributed by atoms with E-state index in [0.717, 1.165) is 16.8 Å². The molecule has 1 heterocycles. The summed E-state index contributed by atoms with van der Waals surface area (Å²) >= 11 is 4.70. The summed E-state index contributed by atoms with van der Waals surface area (Å²) in [6.07, 6.45) is 0.800. The molecule has 100 valence electrons. The molecule has 0 radical (unpaired) electrons. The van der Waals surface area contributed by atoms with Crippen LogP contribution < -0.4 is 10.1 Å². The maximum Gasteiger partial charge on any atom is 0.264 e. The molecule has 1 aromatic heterocycles. The van der Waals surface area contributed by atoms with Crippen LogP contribution in [0.1, 0.15) is 5.01 Å². The van der Waals surface area contributed by atoms with Gasteiger partial charge in [-0.1, -0.05) is 45.5 Å². The largest absolute Gasteiger partial charge is 0.484 e. The topological polar surface area (TPSA) is 64.1 Å². The number of anilines is 1. The van der Waals surface area contributed by atoms with Crippen molar-refractivity contribution in [2.45, 2.75) is 6.42 Å². The van der Waals surface area contributed by atoms with Gasteiger partial charge in [0.1, 0.15) is 10.8 Å². The van der Waals surface area contributed by atoms with Crippen molar-refractivity contribution in [1.29, 1.82) is 0 Å². The predicted octanol–water partition coefficient (Wildman–Crippen LogP) is 2.49. The number of alkyl halides is 1. The maximum atomic E-state index is 11.6. The fourth-order valence-electron chi connectivity index (χ4n) is 1.31. The number of aromatic nitrogens is 2. The standard InChI is InChI=1S/C12H12BrN3O2S/c13-7-6-11-15-16-12(19-11)14-10(17)8-18-9-4-2-1-3-5-9/h1-5H,6-8H2,(H,14,16,17). The van der Waals surface area contributed by atoms with Gasteiger partial charge in [-0.3, -0.25) is 10.1 Å². The molecule has 19 heavy (non-hydrogen) atoms. The summed E-state index contributed by atoms with van der Waals surface area (Å²) < 4.78 is 5.33. The van der Waals surface area contributed by atoms with E-state index >= 15 is 0 Å². The van der Waals surface area contributed by atoms with Gasteiger partial charge in [0.25, 0.3) is 5.91 Å². The van der Waals surface area contributed by atoms with Crippen molar-refractivity contribution in [3.8, 4) is 5.75 Å². The molecule has 2 aromatic rings. The summed E-state index contributed by atoms with van der Waals surface area (Å²) in [5, 5.41) is 12.7. The zero-order chi connectivity index (χ0) is 13.5. The van der Waals surface area contributed by atoms with Crippen LogP contribution in [-0.4, -0.2) is 28.0 Å². The lowest BCUT2D eigenvalue weighted by Crippen LogP contribution is -2.20. The van der Waals surface area contributed by atoms with Crippen molar-refractivity contribution in [2.24, 2.45) is 0 Å². The van der Waals surface area contributed by atoms with Gasteiger partial charge in [0.05, 0.1) is 0 Å². The summed E-state index contributed by atoms with van der Waals surface area (Å²) in [4.78, 5) is 11.6. The first kappa shape index (κ1) is 14.0. The maximum absolute atomic E-state index is 11.6. The van der Waals surface area contributed by atoms with Crippen LogP contribution in [0.3, 0.4) is 0 Å². The van der Waals surface area contributed by atoms with Crippen molar-refractivity contribution < 1.29 is 9.53 Å². The average Bonchev–Trinajstić information content (AvgIpc) is 2.85. The molecule has 0 aliphatic carbocycles. The number of carbonyl (C=O) groups is 1. The highest BCUT2D eigenvalue weighted by atomic mass is 79.9. The highest BCUT2D eigenvalue weighted by Crippen LogP contribution is 2.16. The number of carbonyl (C=O) groups excluding carboxylic acids is 1. The smallest absolute Gasteiger partial charge is 0.264 e. The molecule has 1 N–H and O–H groups in total. The van der Waals surface area contributed by atoms with Crippen LogP contribution in [0.15, 0.2) is 30.3 Å². The number of hydrogen-bond acceptors (Lipinski definition) is 5. The van der Waals surface area contributed by atoms with Gasteiger partial charge in [-0.25, -0.2) is 0 Å². The zero-order valence-corrected chi connectivity index (χ0v) is 12.4. The quantitative estimate of drug-likeness (QED) is 0.820. The van der Waals surface area contributed by atoms with Crippen LogP contribution in [0.25, 0.3) is 0 Å². The molecule has 0 saturated carbocycles. The van der Waals surface area contributed by atoms with Crippen molar-refractivity contribution in [1.82, 2.24) is 10.2 Å². The second kappa shape index (κ2) is 7.20. The van der Waals surface area contributed by atoms with Gasteiger partial charge in [-0.05, 0) is 12.1 Å². The minimum Gasteiger partial charge on any atom is -0.484 e. The van der Waals surface area contributed by atoms with Gasteiger partial charge in [0.2, 0.25) is 5.13 Å². The number of ether oxygens (including phenoxy) is 1. The minimum atomic E-state index is -0.245. The molecule has 2 rings (SSSR count). The van der Waals surface area contributed by atoms with E-state index in [4.69, 9.17) is 4.74 Å². The molecule has 0 bridgehead atoms. The van der Waals surface area contributed by atoms with E-state index in [2.05, 4.69) is 31.4 Å². The molecule has 0 atom stereocenters. The minimum absolute atomic E-state index is 0.0443. The number of benzene rings is 1. The molecule has 0 saturated heterocycles. The number of aryl methyl sites for hydroxylation is 1. The Kier molecular flexibility index (Phi) is 5.29. The Labute approximate surface area is 123 Å². The van der Waals surface area contributed by atoms with Crippen molar-refractivity contribution in [2.75, 3.05) is 17.3 Å². The van der Waals surface area contributed by atoms with E-state index in [9.17, 15) is 4.79 Å². The Bertz CT molecular complexity index is 533. The van der Waals surface area contributed by atoms with Gasteiger partial charge < -0.3 is 4.74 Å². The lowest BCUT2D eigenvalue weighted by Gasteiger charge is -2.04. The molecular weight excluding hydrogens is 330 g/mol. The first-order chi connectivity index (χ1) is 9.28. The van der Waals surface area contributed by atoms with E-state index in [1.807, 2.05) is 18.2 Å². The Balaban J connectivity index is 1.80. The normalized spacial score (nSPS) is 10.2. The lowest BCUT2D eigenvalue weighted by atomic mass is 10.3. The summed E-state index contributed by atoms with van der Waals surface area (Å²) in [6, 6.07) is 9.19. The van der Waals surface area contributed by atoms with E-state index in [1.54, 1.807) is 12.1 Å². The zero-order valence-electron chi connectivity index (χ0n) is 10.0. The van der Waals surface area contributed by atoms with Crippen molar-refractivity contribution in [3.63, 3.8) is 0 Å². The third kappa shape index (κ3) is 4.60. The van der Waals surface area contributed by atoms with Crippen LogP contribution in [0.4, 0.5) is 5.13 Å². The van der Waals surface area contributed by atoms with E-state index in [0.29, 0.717) is 10.9 Å². The van der Waals surface area contributed by atoms with Gasteiger partial charge in [-0.2, -0.15) is 0 Å². The highest BCUT2D eigenvalue weighted by Gasteiger charge is 2.08. The summed E-state index contributed by atoms with van der Waals surface area (Å²) in [5.74, 6) is 0.417. The fraction of sp³-hybridized carbons (Fsp3) is 0.250. The molecule has 0 fully saturated rings. The average molecular weight is 342 g/mol. The first-order valence-corrected chi connectivity index (χ1v) is 7.58. The molecular formula is C12H12BrN3O2S. The Morgan fingerprint density at radius 3 is 2.84 bits per heavy atom. The number of para-hydroxylation sites is 1. The van der Waals surface area contributed by atoms with E-state index in [-0.39, 0.29) is 12.5 Å². The van der Waals surface area contributed by atoms with Gasteiger partial charge in [0, 0.05) is 11.8 Å². The van der Waals surface area contributed by atoms with Gasteiger partial charge >= 0.3 is 0 Å². The molecule has 0 unspecified atom stereocenters. The molecule has 1 amide bonds. The monoisotopic (exact) mass is 341 g/mol. The Morgan fingerprint density at radius 2 is 2.11 bits per heavy atom. The van der Waals surface area contributed by atoms with Gasteiger partial charge in [-0.15, -0.1) is 10.2 Å². The third-order valence-corrected chi connectivity index (χ3v) is 3.43. The van der Waals surface area contributed by atoms with Crippen LogP contribution in [0, 0.1) is 0 Å². The van der Waals surface area contributed by atoms with E-state index < -0.39 is 0 Å². The summed E-state index contributed by atoms with van der Waals surface area (Å²) in [5.41, 5.74) is 0. The molecule has 7 heteroatoms. The number of amides is 1. The number of hydrogen-bond donors (Lipinski definition) is 1. The second-order valence-corrected chi connectivity index (χ2v) is 5.44. The number of nitrogens with one attached hydrogen (secondary N) is 1. The Morgan fingerprint density at radius 1 is 1.32 bits per heavy atom. The van der Waals surface area contributed by atoms with Crippen molar-refractivity contribution in [3.05, 3.63) is 35.3 Å². The molecule has 0 aliphatic rings. The predicted molar refractivity (Wildman–Crippen MR) is 78.0 cm³/mol. The molecule has 5 nitrogen and oxygen atoms in total. The Hall–Kier alpha value is -1.47. The van der Waals surface area contributed by atoms with E-state index in [1.165, 1.54) is 11.3 Å². The highest BCUT2D eigenvalue weighted by molar-refractivity contribution is 9.09. The fourth-order valence-corrected chi connectivity index (χ4v) is 2.70. The number of halogens is 1. The second-order valence-electron chi connectivity index (χ2n) is 3.59. The lowest BCUT2D eigenvalue weighted by molar-refractivity contribution is -0.118. The summed E-state index contributed by atoms with van der Waals surface area (Å²) in [7, 11) is 0. The molecule has 0 aliphatic heterocycles. The van der Waals surface area contributed by atoms with Gasteiger partial charge in [0.15, 0.2) is 6.61 Å². The summed E-state index contributed by atoms with van der Waals surface area (Å²) in [6.45, 7) is -0.0443. The molecule has 1 aromatic carbocycles. The van der Waals surface area contributed by atoms with Crippen molar-refractivity contribution >= 4 is 38.3 Å². The van der Waals surface area contributed by atoms with Crippen LogP contribution in [0.2, 0.25) is 0 Å². The number of nitrogens with zero attached hydrogens (tertiary/aromatic N) is 2. The molecule has 0 spiro atoms.